The van der Waals surface area contributed by atoms with Gasteiger partial charge < -0.3 is 10.1 Å². The fourth-order valence-corrected chi connectivity index (χ4v) is 4.84. The minimum Gasteiger partial charge on any atom is -0.497 e. The van der Waals surface area contributed by atoms with E-state index in [0.29, 0.717) is 15.9 Å². The Bertz CT molecular complexity index is 1370. The first kappa shape index (κ1) is 21.6. The summed E-state index contributed by atoms with van der Waals surface area (Å²) in [4.78, 5) is 31.6. The highest BCUT2D eigenvalue weighted by Gasteiger charge is 2.14. The second-order valence-corrected chi connectivity index (χ2v) is 8.79. The predicted molar refractivity (Wildman–Crippen MR) is 127 cm³/mol. The number of aromatic nitrogens is 2. The third kappa shape index (κ3) is 4.66. The Morgan fingerprint density at radius 2 is 2.03 bits per heavy atom. The summed E-state index contributed by atoms with van der Waals surface area (Å²) in [5.74, 6) is 0.695. The van der Waals surface area contributed by atoms with Gasteiger partial charge in [-0.25, -0.2) is 4.98 Å². The lowest BCUT2D eigenvalue weighted by Gasteiger charge is -2.10. The Morgan fingerprint density at radius 1 is 1.25 bits per heavy atom. The van der Waals surface area contributed by atoms with Crippen molar-refractivity contribution in [3.63, 3.8) is 0 Å². The first-order valence-electron chi connectivity index (χ1n) is 9.61. The van der Waals surface area contributed by atoms with E-state index in [1.165, 1.54) is 34.0 Å². The third-order valence-corrected chi connectivity index (χ3v) is 6.75. The summed E-state index contributed by atoms with van der Waals surface area (Å²) in [7, 11) is 1.61. The van der Waals surface area contributed by atoms with Gasteiger partial charge in [-0.3, -0.25) is 14.2 Å². The van der Waals surface area contributed by atoms with Crippen LogP contribution in [-0.2, 0) is 11.3 Å². The zero-order chi connectivity index (χ0) is 22.5. The van der Waals surface area contributed by atoms with E-state index in [1.807, 2.05) is 42.5 Å². The first-order valence-corrected chi connectivity index (χ1v) is 11.4. The first-order chi connectivity index (χ1) is 15.6. The number of nitrogens with one attached hydrogen (secondary N) is 1. The molecule has 2 aromatic heterocycles. The molecule has 32 heavy (non-hydrogen) atoms. The van der Waals surface area contributed by atoms with Crippen LogP contribution in [0.4, 0.5) is 5.69 Å². The number of thioether (sulfide) groups is 1. The second-order valence-electron chi connectivity index (χ2n) is 6.72. The molecule has 1 amide bonds. The SMILES string of the molecule is COc1ccc(-c2cc3ncn(CC(=O)Nc4ccccc4SCC#N)c(=O)c3s2)cc1. The summed E-state index contributed by atoms with van der Waals surface area (Å²) in [5.41, 5.74) is 1.91. The van der Waals surface area contributed by atoms with Crippen molar-refractivity contribution < 1.29 is 9.53 Å². The number of hydrogen-bond acceptors (Lipinski definition) is 7. The molecule has 0 atom stereocenters. The topological polar surface area (TPSA) is 97.0 Å². The second kappa shape index (κ2) is 9.68. The molecule has 0 saturated carbocycles. The van der Waals surface area contributed by atoms with Crippen LogP contribution >= 0.6 is 23.1 Å². The summed E-state index contributed by atoms with van der Waals surface area (Å²) in [6.45, 7) is -0.158. The van der Waals surface area contributed by atoms with Gasteiger partial charge in [-0.15, -0.1) is 23.1 Å². The number of methoxy groups -OCH3 is 1. The third-order valence-electron chi connectivity index (χ3n) is 4.65. The summed E-state index contributed by atoms with van der Waals surface area (Å²) < 4.78 is 6.99. The number of nitrogens with zero attached hydrogens (tertiary/aromatic N) is 3. The summed E-state index contributed by atoms with van der Waals surface area (Å²) in [6.07, 6.45) is 1.39. The molecule has 0 fully saturated rings. The van der Waals surface area contributed by atoms with Gasteiger partial charge in [0.1, 0.15) is 17.0 Å². The van der Waals surface area contributed by atoms with Crippen molar-refractivity contribution >= 4 is 44.9 Å². The van der Waals surface area contributed by atoms with E-state index in [0.717, 1.165) is 21.1 Å². The van der Waals surface area contributed by atoms with E-state index >= 15 is 0 Å². The molecule has 0 radical (unpaired) electrons. The fourth-order valence-electron chi connectivity index (χ4n) is 3.11. The predicted octanol–water partition coefficient (Wildman–Crippen LogP) is 4.39. The number of hydrogen-bond donors (Lipinski definition) is 1. The maximum atomic E-state index is 13.0. The molecule has 0 saturated heterocycles. The number of thiophene rings is 1. The molecule has 4 aromatic rings. The largest absolute Gasteiger partial charge is 0.497 e. The van der Waals surface area contributed by atoms with Crippen LogP contribution in [0.5, 0.6) is 5.75 Å². The maximum Gasteiger partial charge on any atom is 0.271 e. The molecule has 2 aromatic carbocycles. The number of nitriles is 1. The molecule has 0 aliphatic heterocycles. The van der Waals surface area contributed by atoms with Gasteiger partial charge in [-0.2, -0.15) is 5.26 Å². The van der Waals surface area contributed by atoms with Crippen molar-refractivity contribution in [2.75, 3.05) is 18.2 Å². The average Bonchev–Trinajstić information content (AvgIpc) is 3.26. The average molecular weight is 463 g/mol. The fraction of sp³-hybridized carbons (Fsp3) is 0.130. The molecule has 0 aliphatic carbocycles. The number of carbonyl (C=O) groups excluding carboxylic acids is 1. The number of ether oxygens (including phenoxy) is 1. The zero-order valence-electron chi connectivity index (χ0n) is 17.1. The lowest BCUT2D eigenvalue weighted by atomic mass is 10.2. The summed E-state index contributed by atoms with van der Waals surface area (Å²) >= 11 is 2.69. The van der Waals surface area contributed by atoms with Gasteiger partial charge in [0.2, 0.25) is 5.91 Å². The molecule has 0 spiro atoms. The molecule has 1 N–H and O–H groups in total. The number of anilines is 1. The van der Waals surface area contributed by atoms with Crippen LogP contribution in [0, 0.1) is 11.3 Å². The van der Waals surface area contributed by atoms with Gasteiger partial charge in [0.15, 0.2) is 0 Å². The quantitative estimate of drug-likeness (QED) is 0.409. The van der Waals surface area contributed by atoms with E-state index in [2.05, 4.69) is 16.4 Å². The monoisotopic (exact) mass is 462 g/mol. The summed E-state index contributed by atoms with van der Waals surface area (Å²) in [5, 5.41) is 11.6. The minimum absolute atomic E-state index is 0.158. The molecule has 0 aliphatic rings. The van der Waals surface area contributed by atoms with Crippen molar-refractivity contribution in [3.05, 3.63) is 71.3 Å². The van der Waals surface area contributed by atoms with Gasteiger partial charge in [0.05, 0.1) is 36.5 Å². The smallest absolute Gasteiger partial charge is 0.271 e. The summed E-state index contributed by atoms with van der Waals surface area (Å²) in [6, 6.07) is 18.8. The number of carbonyl (C=O) groups is 1. The number of fused-ring (bicyclic) bond motifs is 1. The van der Waals surface area contributed by atoms with E-state index < -0.39 is 0 Å². The van der Waals surface area contributed by atoms with Gasteiger partial charge in [0, 0.05) is 9.77 Å². The van der Waals surface area contributed by atoms with Crippen LogP contribution in [0.1, 0.15) is 0 Å². The van der Waals surface area contributed by atoms with E-state index in [9.17, 15) is 9.59 Å². The van der Waals surface area contributed by atoms with Crippen LogP contribution in [0.25, 0.3) is 20.7 Å². The number of rotatable bonds is 7. The van der Waals surface area contributed by atoms with Crippen LogP contribution in [0.15, 0.2) is 70.6 Å². The Hall–Kier alpha value is -3.61. The maximum absolute atomic E-state index is 13.0. The number of benzene rings is 2. The van der Waals surface area contributed by atoms with Crippen molar-refractivity contribution in [1.29, 1.82) is 5.26 Å². The Kier molecular flexibility index (Phi) is 6.54. The van der Waals surface area contributed by atoms with Crippen molar-refractivity contribution in [2.45, 2.75) is 11.4 Å². The lowest BCUT2D eigenvalue weighted by molar-refractivity contribution is -0.116. The highest BCUT2D eigenvalue weighted by Crippen LogP contribution is 2.32. The molecule has 160 valence electrons. The van der Waals surface area contributed by atoms with Gasteiger partial charge in [0.25, 0.3) is 5.56 Å². The molecule has 4 rings (SSSR count). The van der Waals surface area contributed by atoms with E-state index in [1.54, 1.807) is 19.2 Å². The van der Waals surface area contributed by atoms with Gasteiger partial charge in [-0.1, -0.05) is 12.1 Å². The molecule has 9 heteroatoms. The van der Waals surface area contributed by atoms with Gasteiger partial charge >= 0.3 is 0 Å². The van der Waals surface area contributed by atoms with Crippen molar-refractivity contribution in [3.8, 4) is 22.3 Å². The molecule has 2 heterocycles. The highest BCUT2D eigenvalue weighted by atomic mass is 32.2. The molecule has 0 bridgehead atoms. The number of para-hydroxylation sites is 1. The normalized spacial score (nSPS) is 10.6. The Labute approximate surface area is 192 Å². The van der Waals surface area contributed by atoms with E-state index in [4.69, 9.17) is 10.00 Å². The molecular formula is C23H18N4O3S2. The standard InChI is InChI=1S/C23H18N4O3S2/c1-30-16-8-6-15(7-9-16)20-12-18-22(32-20)23(29)27(14-25-18)13-21(28)26-17-4-2-3-5-19(17)31-11-10-24/h2-9,12,14H,11,13H2,1H3,(H,26,28). The lowest BCUT2D eigenvalue weighted by Crippen LogP contribution is -2.27. The Balaban J connectivity index is 1.55. The van der Waals surface area contributed by atoms with Crippen LogP contribution < -0.4 is 15.6 Å². The molecule has 0 unspecified atom stereocenters. The van der Waals surface area contributed by atoms with Crippen LogP contribution in [0.3, 0.4) is 0 Å². The van der Waals surface area contributed by atoms with Crippen LogP contribution in [0.2, 0.25) is 0 Å². The van der Waals surface area contributed by atoms with Crippen molar-refractivity contribution in [2.24, 2.45) is 0 Å². The van der Waals surface area contributed by atoms with Crippen molar-refractivity contribution in [1.82, 2.24) is 9.55 Å². The Morgan fingerprint density at radius 3 is 2.78 bits per heavy atom. The van der Waals surface area contributed by atoms with E-state index in [-0.39, 0.29) is 23.8 Å². The van der Waals surface area contributed by atoms with Crippen LogP contribution in [-0.4, -0.2) is 28.3 Å². The van der Waals surface area contributed by atoms with Gasteiger partial charge in [-0.05, 0) is 48.0 Å². The zero-order valence-corrected chi connectivity index (χ0v) is 18.7. The highest BCUT2D eigenvalue weighted by molar-refractivity contribution is 7.99. The molecular weight excluding hydrogens is 444 g/mol. The molecule has 7 nitrogen and oxygen atoms in total. The number of amides is 1. The minimum atomic E-state index is -0.342.